The number of fused-ring (bicyclic) bond motifs is 1. The van der Waals surface area contributed by atoms with E-state index in [1.165, 1.54) is 0 Å². The Morgan fingerprint density at radius 1 is 1.07 bits per heavy atom. The third-order valence-electron chi connectivity index (χ3n) is 3.91. The van der Waals surface area contributed by atoms with Crippen molar-refractivity contribution in [1.82, 2.24) is 19.9 Å². The van der Waals surface area contributed by atoms with E-state index in [1.807, 2.05) is 0 Å². The highest BCUT2D eigenvalue weighted by atomic mass is 79.9. The molecule has 0 aliphatic rings. The lowest BCUT2D eigenvalue weighted by molar-refractivity contribution is -0.137. The van der Waals surface area contributed by atoms with Gasteiger partial charge in [0.1, 0.15) is 11.2 Å². The molecular weight excluding hydrogens is 445 g/mol. The molecule has 0 saturated carbocycles. The second kappa shape index (κ2) is 6.61. The van der Waals surface area contributed by atoms with Gasteiger partial charge in [0, 0.05) is 22.4 Å². The molecule has 4 nitrogen and oxygen atoms in total. The lowest BCUT2D eigenvalue weighted by Crippen LogP contribution is -2.04. The second-order valence-electron chi connectivity index (χ2n) is 5.70. The van der Waals surface area contributed by atoms with Crippen molar-refractivity contribution in [3.8, 4) is 22.8 Å². The molecule has 0 fully saturated rings. The van der Waals surface area contributed by atoms with Crippen LogP contribution in [0.1, 0.15) is 5.56 Å². The summed E-state index contributed by atoms with van der Waals surface area (Å²) in [6.45, 7) is 0. The van der Waals surface area contributed by atoms with Gasteiger partial charge in [-0.15, -0.1) is 0 Å². The van der Waals surface area contributed by atoms with Crippen LogP contribution in [0.3, 0.4) is 0 Å². The zero-order valence-corrected chi connectivity index (χ0v) is 15.7. The lowest BCUT2D eigenvalue weighted by Gasteiger charge is -2.06. The molecule has 27 heavy (non-hydrogen) atoms. The summed E-state index contributed by atoms with van der Waals surface area (Å²) in [5.41, 5.74) is 1.72. The molecule has 0 spiro atoms. The van der Waals surface area contributed by atoms with Gasteiger partial charge >= 0.3 is 6.18 Å². The molecule has 0 bridgehead atoms. The highest BCUT2D eigenvalue weighted by molar-refractivity contribution is 9.10. The van der Waals surface area contributed by atoms with E-state index >= 15 is 0 Å². The predicted molar refractivity (Wildman–Crippen MR) is 100 cm³/mol. The summed E-state index contributed by atoms with van der Waals surface area (Å²) < 4.78 is 39.2. The molecule has 4 rings (SSSR count). The number of imidazole rings is 1. The van der Waals surface area contributed by atoms with Crippen LogP contribution in [0.15, 0.2) is 53.3 Å². The Hall–Kier alpha value is -2.45. The van der Waals surface area contributed by atoms with Crippen LogP contribution in [0.25, 0.3) is 33.8 Å². The standard InChI is InChI=1S/C18H9BrClF3N4/c19-11-6-10(18(21,22)23)7-14-16(11)27-17(26-14)13-4-3-9(8-25-13)15-12(20)2-1-5-24-15/h1-8H,(H,26,27). The van der Waals surface area contributed by atoms with Crippen LogP contribution in [0.2, 0.25) is 5.02 Å². The van der Waals surface area contributed by atoms with Crippen LogP contribution in [0.4, 0.5) is 13.2 Å². The highest BCUT2D eigenvalue weighted by Gasteiger charge is 2.31. The smallest absolute Gasteiger partial charge is 0.337 e. The van der Waals surface area contributed by atoms with Crippen LogP contribution in [-0.4, -0.2) is 19.9 Å². The highest BCUT2D eigenvalue weighted by Crippen LogP contribution is 2.35. The topological polar surface area (TPSA) is 54.5 Å². The van der Waals surface area contributed by atoms with E-state index < -0.39 is 11.7 Å². The lowest BCUT2D eigenvalue weighted by atomic mass is 10.2. The first kappa shape index (κ1) is 17.9. The number of pyridine rings is 2. The van der Waals surface area contributed by atoms with Gasteiger partial charge < -0.3 is 4.98 Å². The van der Waals surface area contributed by atoms with E-state index in [1.54, 1.807) is 36.7 Å². The van der Waals surface area contributed by atoms with Crippen LogP contribution < -0.4 is 0 Å². The Morgan fingerprint density at radius 2 is 1.89 bits per heavy atom. The number of halogens is 5. The Labute approximate surface area is 164 Å². The van der Waals surface area contributed by atoms with Crippen LogP contribution in [-0.2, 0) is 6.18 Å². The molecule has 0 amide bonds. The summed E-state index contributed by atoms with van der Waals surface area (Å²) in [7, 11) is 0. The van der Waals surface area contributed by atoms with Crippen molar-refractivity contribution >= 4 is 38.6 Å². The minimum atomic E-state index is -4.44. The third kappa shape index (κ3) is 3.42. The Morgan fingerprint density at radius 3 is 2.56 bits per heavy atom. The molecule has 1 aromatic carbocycles. The van der Waals surface area contributed by atoms with E-state index in [0.29, 0.717) is 27.8 Å². The van der Waals surface area contributed by atoms with Gasteiger partial charge in [-0.2, -0.15) is 13.2 Å². The molecular formula is C18H9BrClF3N4. The third-order valence-corrected chi connectivity index (χ3v) is 4.81. The number of alkyl halides is 3. The minimum absolute atomic E-state index is 0.256. The number of H-pyrrole nitrogens is 1. The number of hydrogen-bond acceptors (Lipinski definition) is 3. The van der Waals surface area contributed by atoms with Gasteiger partial charge in [0.2, 0.25) is 0 Å². The van der Waals surface area contributed by atoms with Crippen molar-refractivity contribution in [3.05, 3.63) is 63.9 Å². The summed E-state index contributed by atoms with van der Waals surface area (Å²) in [6, 6.07) is 8.98. The van der Waals surface area contributed by atoms with Crippen molar-refractivity contribution in [3.63, 3.8) is 0 Å². The fraction of sp³-hybridized carbons (Fsp3) is 0.0556. The summed E-state index contributed by atoms with van der Waals surface area (Å²) in [5.74, 6) is 0.365. The fourth-order valence-electron chi connectivity index (χ4n) is 2.63. The zero-order chi connectivity index (χ0) is 19.2. The zero-order valence-electron chi connectivity index (χ0n) is 13.4. The van der Waals surface area contributed by atoms with E-state index in [4.69, 9.17) is 11.6 Å². The number of hydrogen-bond donors (Lipinski definition) is 1. The van der Waals surface area contributed by atoms with E-state index in [-0.39, 0.29) is 9.99 Å². The van der Waals surface area contributed by atoms with Crippen LogP contribution in [0, 0.1) is 0 Å². The monoisotopic (exact) mass is 452 g/mol. The summed E-state index contributed by atoms with van der Waals surface area (Å²) in [4.78, 5) is 15.8. The van der Waals surface area contributed by atoms with Crippen molar-refractivity contribution in [2.24, 2.45) is 0 Å². The number of nitrogens with one attached hydrogen (secondary N) is 1. The van der Waals surface area contributed by atoms with Crippen molar-refractivity contribution in [1.29, 1.82) is 0 Å². The van der Waals surface area contributed by atoms with Gasteiger partial charge in [-0.3, -0.25) is 9.97 Å². The van der Waals surface area contributed by atoms with Crippen LogP contribution in [0.5, 0.6) is 0 Å². The molecule has 136 valence electrons. The molecule has 3 heterocycles. The first-order valence-electron chi connectivity index (χ1n) is 7.67. The Balaban J connectivity index is 1.74. The number of aromatic amines is 1. The normalized spacial score (nSPS) is 11.9. The Bertz CT molecular complexity index is 1140. The number of aromatic nitrogens is 4. The van der Waals surface area contributed by atoms with Crippen LogP contribution >= 0.6 is 27.5 Å². The summed E-state index contributed by atoms with van der Waals surface area (Å²) in [5, 5.41) is 0.499. The van der Waals surface area contributed by atoms with E-state index in [2.05, 4.69) is 35.9 Å². The molecule has 0 atom stereocenters. The van der Waals surface area contributed by atoms with Gasteiger partial charge in [0.25, 0.3) is 0 Å². The Kier molecular flexibility index (Phi) is 4.39. The summed E-state index contributed by atoms with van der Waals surface area (Å²) >= 11 is 9.28. The van der Waals surface area contributed by atoms with E-state index in [9.17, 15) is 13.2 Å². The molecule has 3 aromatic heterocycles. The van der Waals surface area contributed by atoms with Crippen molar-refractivity contribution in [2.45, 2.75) is 6.18 Å². The summed E-state index contributed by atoms with van der Waals surface area (Å²) in [6.07, 6.45) is -1.22. The maximum absolute atomic E-state index is 13.0. The quantitative estimate of drug-likeness (QED) is 0.398. The first-order chi connectivity index (χ1) is 12.8. The SMILES string of the molecule is FC(F)(F)c1cc(Br)c2nc(-c3ccc(-c4ncccc4Cl)cn3)[nH]c2c1. The second-order valence-corrected chi connectivity index (χ2v) is 6.96. The molecule has 0 unspecified atom stereocenters. The van der Waals surface area contributed by atoms with Gasteiger partial charge in [0.15, 0.2) is 5.82 Å². The first-order valence-corrected chi connectivity index (χ1v) is 8.84. The molecule has 9 heteroatoms. The number of nitrogens with zero attached hydrogens (tertiary/aromatic N) is 3. The van der Waals surface area contributed by atoms with Crippen molar-refractivity contribution in [2.75, 3.05) is 0 Å². The molecule has 0 saturated heterocycles. The number of rotatable bonds is 2. The largest absolute Gasteiger partial charge is 0.416 e. The van der Waals surface area contributed by atoms with Gasteiger partial charge in [0.05, 0.1) is 21.8 Å². The molecule has 0 radical (unpaired) electrons. The molecule has 1 N–H and O–H groups in total. The maximum atomic E-state index is 13.0. The average molecular weight is 454 g/mol. The van der Waals surface area contributed by atoms with Gasteiger partial charge in [-0.1, -0.05) is 11.6 Å². The van der Waals surface area contributed by atoms with Crippen molar-refractivity contribution < 1.29 is 13.2 Å². The van der Waals surface area contributed by atoms with Gasteiger partial charge in [-0.25, -0.2) is 4.98 Å². The average Bonchev–Trinajstić information content (AvgIpc) is 3.06. The fourth-order valence-corrected chi connectivity index (χ4v) is 3.41. The van der Waals surface area contributed by atoms with Gasteiger partial charge in [-0.05, 0) is 52.3 Å². The minimum Gasteiger partial charge on any atom is -0.337 e. The predicted octanol–water partition coefficient (Wildman–Crippen LogP) is 6.12. The molecule has 0 aliphatic carbocycles. The molecule has 4 aromatic rings. The maximum Gasteiger partial charge on any atom is 0.416 e. The molecule has 0 aliphatic heterocycles. The number of benzene rings is 1. The van der Waals surface area contributed by atoms with E-state index in [0.717, 1.165) is 17.7 Å².